The van der Waals surface area contributed by atoms with Crippen molar-refractivity contribution in [3.05, 3.63) is 33.1 Å². The molecule has 210 valence electrons. The maximum atomic E-state index is 12.1. The summed E-state index contributed by atoms with van der Waals surface area (Å²) in [6.07, 6.45) is -16.4. The molecule has 11 atom stereocenters. The third-order valence-electron chi connectivity index (χ3n) is 5.26. The van der Waals surface area contributed by atoms with E-state index < -0.39 is 94.5 Å². The molecule has 0 aliphatic carbocycles. The second kappa shape index (κ2) is 14.7. The van der Waals surface area contributed by atoms with E-state index in [4.69, 9.17) is 9.47 Å². The van der Waals surface area contributed by atoms with Gasteiger partial charge in [0.05, 0.1) is 6.61 Å². The zero-order valence-corrected chi connectivity index (χ0v) is 26.3. The van der Waals surface area contributed by atoms with Crippen LogP contribution in [-0.2, 0) is 36.8 Å². The molecule has 3 heterocycles. The quantitative estimate of drug-likeness (QED) is 0.110. The Morgan fingerprint density at radius 3 is 2.18 bits per heavy atom. The topological polar surface area (TPSA) is 299 Å². The number of carbonyl (C=O) groups excluding carboxylic acids is 1. The predicted octanol–water partition coefficient (Wildman–Crippen LogP) is -11.5. The Morgan fingerprint density at radius 2 is 1.62 bits per heavy atom. The Balaban J connectivity index is 0.00000380. The molecule has 19 nitrogen and oxygen atoms in total. The number of nitrogens with zero attached hydrogens (tertiary/aromatic N) is 1. The minimum atomic E-state index is -5.95. The van der Waals surface area contributed by atoms with E-state index in [0.29, 0.717) is 4.57 Å². The van der Waals surface area contributed by atoms with Crippen LogP contribution in [0.25, 0.3) is 0 Å². The van der Waals surface area contributed by atoms with Gasteiger partial charge in [-0.25, -0.2) is 9.11 Å². The molecule has 2 saturated heterocycles. The van der Waals surface area contributed by atoms with E-state index in [9.17, 15) is 58.8 Å². The summed E-state index contributed by atoms with van der Waals surface area (Å²) in [6, 6.07) is 0.907. The number of carbonyl (C=O) groups is 1. The van der Waals surface area contributed by atoms with Crippen LogP contribution in [0.3, 0.4) is 0 Å². The summed E-state index contributed by atoms with van der Waals surface area (Å²) in [6.45, 7) is -0.218. The van der Waals surface area contributed by atoms with Gasteiger partial charge in [0.15, 0.2) is 18.3 Å². The molecule has 2 aliphatic heterocycles. The van der Waals surface area contributed by atoms with Crippen LogP contribution >= 0.6 is 15.6 Å². The number of aromatic nitrogens is 2. The van der Waals surface area contributed by atoms with Crippen molar-refractivity contribution in [2.45, 2.75) is 62.2 Å². The molecular formula is C16H22N2Na2O17P2. The SMILES string of the molecule is CC(=O)C1OC(OP(=O)([O-])OP(=O)([O-])OC[C@H]2O[C@@H](n3ccc(=O)[nH]c3=O)[C@H](O)[C@@H]2O)C(O)C(O)C1O.[Na+].[Na+]. The van der Waals surface area contributed by atoms with Crippen molar-refractivity contribution in [3.8, 4) is 0 Å². The number of aromatic amines is 1. The number of ketones is 1. The number of phosphoric acid groups is 2. The second-order valence-corrected chi connectivity index (χ2v) is 10.9. The third kappa shape index (κ3) is 9.16. The van der Waals surface area contributed by atoms with Gasteiger partial charge in [0.25, 0.3) is 21.2 Å². The van der Waals surface area contributed by atoms with Crippen LogP contribution in [0.1, 0.15) is 13.2 Å². The first-order chi connectivity index (χ1) is 17.0. The number of hydrogen-bond acceptors (Lipinski definition) is 17. The molecule has 0 bridgehead atoms. The van der Waals surface area contributed by atoms with Crippen molar-refractivity contribution in [1.82, 2.24) is 9.55 Å². The average molecular weight is 622 g/mol. The van der Waals surface area contributed by atoms with Crippen molar-refractivity contribution < 1.29 is 131 Å². The molecule has 7 unspecified atom stereocenters. The van der Waals surface area contributed by atoms with Crippen molar-refractivity contribution in [3.63, 3.8) is 0 Å². The standard InChI is InChI=1S/C16H24N2O17P2.2Na/c1-5(19)13-10(23)9(22)12(25)15(33-13)34-37(29,30)35-36(27,28)31-4-6-8(21)11(24)14(32-6)18-3-2-7(20)17-16(18)26;;/h2-3,6,8-15,21-25H,4H2,1H3,(H,27,28)(H,29,30)(H,17,20,26);;/q;2*+1/p-2/t6-,8-,9?,10?,11-,12?,13?,14-,15?;;/m1../s1. The number of hydrogen-bond donors (Lipinski definition) is 6. The first kappa shape index (κ1) is 37.4. The number of aliphatic hydroxyl groups excluding tert-OH is 5. The molecule has 0 saturated carbocycles. The smallest absolute Gasteiger partial charge is 0.756 e. The van der Waals surface area contributed by atoms with Crippen LogP contribution < -0.4 is 80.2 Å². The molecule has 2 aliphatic rings. The minimum absolute atomic E-state index is 0. The number of H-pyrrole nitrogens is 1. The molecular weight excluding hydrogens is 600 g/mol. The second-order valence-electron chi connectivity index (χ2n) is 7.95. The van der Waals surface area contributed by atoms with Crippen molar-refractivity contribution >= 4 is 21.4 Å². The minimum Gasteiger partial charge on any atom is -0.756 e. The molecule has 3 rings (SSSR count). The predicted molar refractivity (Wildman–Crippen MR) is 108 cm³/mol. The number of rotatable bonds is 9. The Bertz CT molecular complexity index is 1210. The summed E-state index contributed by atoms with van der Waals surface area (Å²) < 4.78 is 47.2. The molecule has 0 radical (unpaired) electrons. The van der Waals surface area contributed by atoms with Gasteiger partial charge in [-0.1, -0.05) is 0 Å². The van der Waals surface area contributed by atoms with Gasteiger partial charge in [0.2, 0.25) is 0 Å². The summed E-state index contributed by atoms with van der Waals surface area (Å²) in [4.78, 5) is 60.5. The van der Waals surface area contributed by atoms with Crippen molar-refractivity contribution in [2.75, 3.05) is 6.61 Å². The zero-order chi connectivity index (χ0) is 27.9. The molecule has 0 amide bonds. The number of ether oxygens (including phenoxy) is 2. The molecule has 0 aromatic carbocycles. The van der Waals surface area contributed by atoms with E-state index in [1.54, 1.807) is 0 Å². The fraction of sp³-hybridized carbons (Fsp3) is 0.688. The Morgan fingerprint density at radius 1 is 1.00 bits per heavy atom. The van der Waals surface area contributed by atoms with Gasteiger partial charge in [0.1, 0.15) is 42.7 Å². The van der Waals surface area contributed by atoms with Crippen molar-refractivity contribution in [2.24, 2.45) is 0 Å². The van der Waals surface area contributed by atoms with Crippen LogP contribution in [0.4, 0.5) is 0 Å². The van der Waals surface area contributed by atoms with Gasteiger partial charge >= 0.3 is 64.8 Å². The average Bonchev–Trinajstić information content (AvgIpc) is 3.05. The van der Waals surface area contributed by atoms with Gasteiger partial charge < -0.3 is 49.3 Å². The molecule has 0 spiro atoms. The van der Waals surface area contributed by atoms with E-state index in [-0.39, 0.29) is 59.1 Å². The van der Waals surface area contributed by atoms with E-state index in [0.717, 1.165) is 19.2 Å². The molecule has 6 N–H and O–H groups in total. The monoisotopic (exact) mass is 622 g/mol. The van der Waals surface area contributed by atoms with Crippen LogP contribution in [-0.4, -0.2) is 96.5 Å². The summed E-state index contributed by atoms with van der Waals surface area (Å²) in [5.74, 6) is -0.883. The van der Waals surface area contributed by atoms with E-state index in [1.165, 1.54) is 0 Å². The van der Waals surface area contributed by atoms with Crippen LogP contribution in [0.5, 0.6) is 0 Å². The summed E-state index contributed by atoms with van der Waals surface area (Å²) >= 11 is 0. The van der Waals surface area contributed by atoms with E-state index in [1.807, 2.05) is 4.98 Å². The number of aliphatic hydroxyl groups is 5. The number of nitrogens with one attached hydrogen (secondary N) is 1. The Kier molecular flexibility index (Phi) is 14.1. The van der Waals surface area contributed by atoms with Gasteiger partial charge in [-0.05, 0) is 6.92 Å². The first-order valence-electron chi connectivity index (χ1n) is 10.2. The summed E-state index contributed by atoms with van der Waals surface area (Å²) in [5.41, 5.74) is -1.79. The number of Topliss-reactive ketones (excluding diaryl/α,β-unsaturated/α-hetero) is 1. The van der Waals surface area contributed by atoms with Crippen LogP contribution in [0.2, 0.25) is 0 Å². The molecule has 2 fully saturated rings. The Labute approximate surface area is 262 Å². The molecule has 1 aromatic heterocycles. The van der Waals surface area contributed by atoms with Crippen molar-refractivity contribution in [1.29, 1.82) is 0 Å². The summed E-state index contributed by atoms with van der Waals surface area (Å²) in [7, 11) is -11.8. The largest absolute Gasteiger partial charge is 1.00 e. The van der Waals surface area contributed by atoms with Gasteiger partial charge in [-0.15, -0.1) is 0 Å². The third-order valence-corrected chi connectivity index (χ3v) is 7.79. The van der Waals surface area contributed by atoms with Gasteiger partial charge in [-0.2, -0.15) is 0 Å². The fourth-order valence-electron chi connectivity index (χ4n) is 3.45. The molecule has 1 aromatic rings. The van der Waals surface area contributed by atoms with E-state index >= 15 is 0 Å². The molecule has 39 heavy (non-hydrogen) atoms. The normalized spacial score (nSPS) is 35.6. The zero-order valence-electron chi connectivity index (χ0n) is 20.5. The maximum Gasteiger partial charge on any atom is 1.00 e. The number of phosphoric ester groups is 2. The molecule has 23 heteroatoms. The summed E-state index contributed by atoms with van der Waals surface area (Å²) in [5, 5.41) is 49.6. The maximum absolute atomic E-state index is 12.1. The van der Waals surface area contributed by atoms with Gasteiger partial charge in [0, 0.05) is 12.3 Å². The Hall–Kier alpha value is 0.330. The first-order valence-corrected chi connectivity index (χ1v) is 13.1. The van der Waals surface area contributed by atoms with Crippen LogP contribution in [0, 0.1) is 0 Å². The van der Waals surface area contributed by atoms with Crippen LogP contribution in [0.15, 0.2) is 21.9 Å². The van der Waals surface area contributed by atoms with Gasteiger partial charge in [-0.3, -0.25) is 32.8 Å². The van der Waals surface area contributed by atoms with E-state index in [2.05, 4.69) is 13.4 Å². The fourth-order valence-corrected chi connectivity index (χ4v) is 5.53.